The van der Waals surface area contributed by atoms with E-state index in [0.717, 1.165) is 12.8 Å². The molecule has 0 aliphatic rings. The third kappa shape index (κ3) is 8.36. The maximum Gasteiger partial charge on any atom is 0.323 e. The minimum atomic E-state index is -0.518. The number of hydrogen-bond donors (Lipinski definition) is 0. The number of halogens is 1. The van der Waals surface area contributed by atoms with Crippen LogP contribution in [0.15, 0.2) is 0 Å². The van der Waals surface area contributed by atoms with Gasteiger partial charge in [0.15, 0.2) is 0 Å². The van der Waals surface area contributed by atoms with Crippen LogP contribution in [0.1, 0.15) is 52.4 Å². The summed E-state index contributed by atoms with van der Waals surface area (Å²) >= 11 is 5.54. The van der Waals surface area contributed by atoms with Crippen molar-refractivity contribution in [1.29, 1.82) is 0 Å². The molecule has 0 bridgehead atoms. The Bertz CT molecular complexity index is 146. The minimum Gasteiger partial charge on any atom is -0.465 e. The van der Waals surface area contributed by atoms with Gasteiger partial charge in [0.2, 0.25) is 0 Å². The van der Waals surface area contributed by atoms with Gasteiger partial charge in [-0.3, -0.25) is 4.79 Å². The van der Waals surface area contributed by atoms with Crippen molar-refractivity contribution in [1.82, 2.24) is 0 Å². The molecule has 0 aromatic heterocycles. The average molecular weight is 221 g/mol. The minimum absolute atomic E-state index is 0.305. The number of carbonyl (C=O) groups excluding carboxylic acids is 1. The number of unbranched alkanes of at least 4 members (excludes halogenated alkanes) is 5. The molecule has 2 nitrogen and oxygen atoms in total. The van der Waals surface area contributed by atoms with Gasteiger partial charge < -0.3 is 4.74 Å². The molecule has 0 saturated heterocycles. The van der Waals surface area contributed by atoms with E-state index < -0.39 is 5.38 Å². The van der Waals surface area contributed by atoms with Crippen LogP contribution in [-0.4, -0.2) is 18.0 Å². The molecule has 14 heavy (non-hydrogen) atoms. The molecule has 1 atom stereocenters. The number of esters is 1. The smallest absolute Gasteiger partial charge is 0.323 e. The molecular formula is C11H21ClO2. The zero-order valence-corrected chi connectivity index (χ0v) is 9.98. The van der Waals surface area contributed by atoms with Crippen molar-refractivity contribution >= 4 is 17.6 Å². The van der Waals surface area contributed by atoms with Crippen molar-refractivity contribution in [3.8, 4) is 0 Å². The zero-order chi connectivity index (χ0) is 10.8. The molecule has 0 rings (SSSR count). The number of rotatable bonds is 8. The van der Waals surface area contributed by atoms with Gasteiger partial charge in [-0.05, 0) is 13.3 Å². The fourth-order valence-electron chi connectivity index (χ4n) is 1.17. The van der Waals surface area contributed by atoms with Crippen LogP contribution < -0.4 is 0 Å². The second kappa shape index (κ2) is 9.32. The molecule has 84 valence electrons. The first kappa shape index (κ1) is 13.8. The first-order valence-electron chi connectivity index (χ1n) is 5.49. The van der Waals surface area contributed by atoms with E-state index >= 15 is 0 Å². The van der Waals surface area contributed by atoms with Crippen LogP contribution in [0.4, 0.5) is 0 Å². The Kier molecular flexibility index (Phi) is 9.16. The van der Waals surface area contributed by atoms with Gasteiger partial charge in [-0.1, -0.05) is 39.0 Å². The Labute approximate surface area is 92.0 Å². The molecule has 0 aliphatic heterocycles. The van der Waals surface area contributed by atoms with Crippen LogP contribution in [0, 0.1) is 0 Å². The molecule has 0 heterocycles. The summed E-state index contributed by atoms with van der Waals surface area (Å²) in [6, 6.07) is 0. The molecule has 1 unspecified atom stereocenters. The lowest BCUT2D eigenvalue weighted by Gasteiger charge is -2.05. The van der Waals surface area contributed by atoms with E-state index in [1.807, 2.05) is 0 Å². The highest BCUT2D eigenvalue weighted by atomic mass is 35.5. The molecule has 0 spiro atoms. The fraction of sp³-hybridized carbons (Fsp3) is 0.909. The number of hydrogen-bond acceptors (Lipinski definition) is 2. The summed E-state index contributed by atoms with van der Waals surface area (Å²) < 4.78 is 4.94. The summed E-state index contributed by atoms with van der Waals surface area (Å²) in [4.78, 5) is 10.9. The molecule has 3 heteroatoms. The third-order valence-corrected chi connectivity index (χ3v) is 2.25. The van der Waals surface area contributed by atoms with E-state index in [1.54, 1.807) is 6.92 Å². The predicted molar refractivity (Wildman–Crippen MR) is 59.7 cm³/mol. The number of alkyl halides is 1. The van der Waals surface area contributed by atoms with E-state index in [0.29, 0.717) is 6.61 Å². The molecule has 0 saturated carbocycles. The lowest BCUT2D eigenvalue weighted by Crippen LogP contribution is -2.14. The second-order valence-corrected chi connectivity index (χ2v) is 4.21. The molecule has 0 N–H and O–H groups in total. The van der Waals surface area contributed by atoms with E-state index in [4.69, 9.17) is 16.3 Å². The largest absolute Gasteiger partial charge is 0.465 e. The van der Waals surface area contributed by atoms with E-state index in [2.05, 4.69) is 6.92 Å². The van der Waals surface area contributed by atoms with Crippen molar-refractivity contribution in [2.75, 3.05) is 6.61 Å². The van der Waals surface area contributed by atoms with Crippen molar-refractivity contribution in [2.45, 2.75) is 57.7 Å². The summed E-state index contributed by atoms with van der Waals surface area (Å²) in [5.41, 5.74) is 0. The summed E-state index contributed by atoms with van der Waals surface area (Å²) in [6.45, 7) is 4.34. The van der Waals surface area contributed by atoms with E-state index in [1.165, 1.54) is 25.7 Å². The summed E-state index contributed by atoms with van der Waals surface area (Å²) in [5.74, 6) is -0.305. The maximum atomic E-state index is 10.9. The highest BCUT2D eigenvalue weighted by Crippen LogP contribution is 2.05. The summed E-state index contributed by atoms with van der Waals surface area (Å²) in [5, 5.41) is -0.518. The van der Waals surface area contributed by atoms with Crippen molar-refractivity contribution in [3.63, 3.8) is 0 Å². The van der Waals surface area contributed by atoms with Gasteiger partial charge in [-0.25, -0.2) is 0 Å². The van der Waals surface area contributed by atoms with Crippen LogP contribution in [0.2, 0.25) is 0 Å². The highest BCUT2D eigenvalue weighted by Gasteiger charge is 2.09. The molecule has 0 aromatic carbocycles. The molecule has 0 radical (unpaired) electrons. The number of ether oxygens (including phenoxy) is 1. The average Bonchev–Trinajstić information content (AvgIpc) is 2.16. The normalized spacial score (nSPS) is 12.5. The Morgan fingerprint density at radius 3 is 2.36 bits per heavy atom. The highest BCUT2D eigenvalue weighted by molar-refractivity contribution is 6.29. The molecule has 0 amide bonds. The maximum absolute atomic E-state index is 10.9. The van der Waals surface area contributed by atoms with Crippen LogP contribution in [0.5, 0.6) is 0 Å². The van der Waals surface area contributed by atoms with Crippen LogP contribution in [0.25, 0.3) is 0 Å². The van der Waals surface area contributed by atoms with Gasteiger partial charge in [0.25, 0.3) is 0 Å². The van der Waals surface area contributed by atoms with Gasteiger partial charge in [-0.2, -0.15) is 0 Å². The van der Waals surface area contributed by atoms with Gasteiger partial charge in [0, 0.05) is 0 Å². The standard InChI is InChI=1S/C11H21ClO2/c1-3-4-5-6-7-8-9-14-11(13)10(2)12/h10H,3-9H2,1-2H3. The Balaban J connectivity index is 3.10. The van der Waals surface area contributed by atoms with Crippen LogP contribution in [0.3, 0.4) is 0 Å². The Morgan fingerprint density at radius 1 is 1.21 bits per heavy atom. The fourth-order valence-corrected chi connectivity index (χ4v) is 1.23. The molecule has 0 aromatic rings. The zero-order valence-electron chi connectivity index (χ0n) is 9.22. The predicted octanol–water partition coefficient (Wildman–Crippen LogP) is 3.52. The van der Waals surface area contributed by atoms with Crippen molar-refractivity contribution in [2.24, 2.45) is 0 Å². The topological polar surface area (TPSA) is 26.3 Å². The quantitative estimate of drug-likeness (QED) is 0.356. The Hall–Kier alpha value is -0.240. The second-order valence-electron chi connectivity index (χ2n) is 3.55. The summed E-state index contributed by atoms with van der Waals surface area (Å²) in [7, 11) is 0. The Morgan fingerprint density at radius 2 is 1.79 bits per heavy atom. The van der Waals surface area contributed by atoms with Crippen molar-refractivity contribution in [3.05, 3.63) is 0 Å². The van der Waals surface area contributed by atoms with Gasteiger partial charge >= 0.3 is 5.97 Å². The van der Waals surface area contributed by atoms with Gasteiger partial charge in [0.1, 0.15) is 5.38 Å². The molecule has 0 aliphatic carbocycles. The first-order valence-corrected chi connectivity index (χ1v) is 5.92. The van der Waals surface area contributed by atoms with Crippen LogP contribution >= 0.6 is 11.6 Å². The first-order chi connectivity index (χ1) is 6.68. The van der Waals surface area contributed by atoms with Crippen molar-refractivity contribution < 1.29 is 9.53 Å². The SMILES string of the molecule is CCCCCCCCOC(=O)C(C)Cl. The van der Waals surface area contributed by atoms with E-state index in [-0.39, 0.29) is 5.97 Å². The lowest BCUT2D eigenvalue weighted by molar-refractivity contribution is -0.142. The van der Waals surface area contributed by atoms with Crippen LogP contribution in [-0.2, 0) is 9.53 Å². The molecule has 0 fully saturated rings. The third-order valence-electron chi connectivity index (χ3n) is 2.07. The summed E-state index contributed by atoms with van der Waals surface area (Å²) in [6.07, 6.45) is 7.19. The molecular weight excluding hydrogens is 200 g/mol. The van der Waals surface area contributed by atoms with E-state index in [9.17, 15) is 4.79 Å². The lowest BCUT2D eigenvalue weighted by atomic mass is 10.1. The van der Waals surface area contributed by atoms with Gasteiger partial charge in [-0.15, -0.1) is 11.6 Å². The van der Waals surface area contributed by atoms with Gasteiger partial charge in [0.05, 0.1) is 6.61 Å². The monoisotopic (exact) mass is 220 g/mol. The number of carbonyl (C=O) groups is 1.